The number of hydrogen-bond donors (Lipinski definition) is 2. The first-order valence-electron chi connectivity index (χ1n) is 5.83. The second kappa shape index (κ2) is 6.47. The van der Waals surface area contributed by atoms with E-state index in [1.54, 1.807) is 6.07 Å². The zero-order valence-corrected chi connectivity index (χ0v) is 10.7. The lowest BCUT2D eigenvalue weighted by atomic mass is 10.0. The number of aliphatic hydroxyl groups is 1. The standard InChI is InChI=1S/C13H21NO3/c1-4-17-12-7-5-6-10(13(12)16)11(8-9-15)14(2)3/h5-7,11,15-16H,4,8-9H2,1-3H3. The first-order valence-corrected chi connectivity index (χ1v) is 5.83. The summed E-state index contributed by atoms with van der Waals surface area (Å²) in [5, 5.41) is 19.2. The Hall–Kier alpha value is -1.26. The Morgan fingerprint density at radius 2 is 2.06 bits per heavy atom. The summed E-state index contributed by atoms with van der Waals surface area (Å²) >= 11 is 0. The van der Waals surface area contributed by atoms with E-state index in [2.05, 4.69) is 0 Å². The lowest BCUT2D eigenvalue weighted by molar-refractivity contribution is 0.206. The molecule has 0 amide bonds. The van der Waals surface area contributed by atoms with Crippen LogP contribution in [0.3, 0.4) is 0 Å². The predicted molar refractivity (Wildman–Crippen MR) is 67.4 cm³/mol. The van der Waals surface area contributed by atoms with Crippen LogP contribution in [0.4, 0.5) is 0 Å². The van der Waals surface area contributed by atoms with E-state index in [-0.39, 0.29) is 18.4 Å². The average molecular weight is 239 g/mol. The normalized spacial score (nSPS) is 12.8. The van der Waals surface area contributed by atoms with Crippen LogP contribution in [0, 0.1) is 0 Å². The van der Waals surface area contributed by atoms with E-state index < -0.39 is 0 Å². The zero-order valence-electron chi connectivity index (χ0n) is 10.7. The largest absolute Gasteiger partial charge is 0.504 e. The van der Waals surface area contributed by atoms with Crippen molar-refractivity contribution in [2.45, 2.75) is 19.4 Å². The molecule has 0 bridgehead atoms. The summed E-state index contributed by atoms with van der Waals surface area (Å²) in [4.78, 5) is 1.97. The van der Waals surface area contributed by atoms with Crippen molar-refractivity contribution in [3.8, 4) is 11.5 Å². The van der Waals surface area contributed by atoms with Crippen LogP contribution in [0.25, 0.3) is 0 Å². The minimum atomic E-state index is -0.0135. The third-order valence-electron chi connectivity index (χ3n) is 2.71. The molecule has 0 fully saturated rings. The van der Waals surface area contributed by atoms with Gasteiger partial charge in [0.1, 0.15) is 0 Å². The first-order chi connectivity index (χ1) is 8.11. The SMILES string of the molecule is CCOc1cccc(C(CCO)N(C)C)c1O. The van der Waals surface area contributed by atoms with Gasteiger partial charge in [-0.1, -0.05) is 12.1 Å². The van der Waals surface area contributed by atoms with Crippen LogP contribution < -0.4 is 4.74 Å². The molecule has 0 radical (unpaired) electrons. The molecule has 0 aliphatic carbocycles. The fourth-order valence-corrected chi connectivity index (χ4v) is 1.89. The summed E-state index contributed by atoms with van der Waals surface area (Å²) in [7, 11) is 3.85. The van der Waals surface area contributed by atoms with Crippen molar-refractivity contribution in [1.82, 2.24) is 4.90 Å². The molecule has 0 saturated carbocycles. The molecule has 1 aromatic rings. The van der Waals surface area contributed by atoms with Crippen molar-refractivity contribution in [3.05, 3.63) is 23.8 Å². The summed E-state index contributed by atoms with van der Waals surface area (Å²) in [6.45, 7) is 2.48. The van der Waals surface area contributed by atoms with Gasteiger partial charge in [-0.05, 0) is 33.5 Å². The van der Waals surface area contributed by atoms with E-state index in [9.17, 15) is 5.11 Å². The van der Waals surface area contributed by atoms with E-state index in [1.807, 2.05) is 38.1 Å². The summed E-state index contributed by atoms with van der Waals surface area (Å²) in [5.74, 6) is 0.663. The first kappa shape index (κ1) is 13.8. The smallest absolute Gasteiger partial charge is 0.162 e. The molecule has 0 aliphatic rings. The van der Waals surface area contributed by atoms with Crippen LogP contribution in [0.15, 0.2) is 18.2 Å². The van der Waals surface area contributed by atoms with Crippen molar-refractivity contribution in [3.63, 3.8) is 0 Å². The number of aromatic hydroxyl groups is 1. The molecule has 96 valence electrons. The molecule has 0 heterocycles. The second-order valence-corrected chi connectivity index (χ2v) is 4.12. The number of rotatable bonds is 6. The highest BCUT2D eigenvalue weighted by Gasteiger charge is 2.19. The molecule has 1 rings (SSSR count). The van der Waals surface area contributed by atoms with Gasteiger partial charge in [0.25, 0.3) is 0 Å². The summed E-state index contributed by atoms with van der Waals surface area (Å²) in [6, 6.07) is 5.44. The third kappa shape index (κ3) is 3.35. The minimum Gasteiger partial charge on any atom is -0.504 e. The van der Waals surface area contributed by atoms with Crippen molar-refractivity contribution in [1.29, 1.82) is 0 Å². The summed E-state index contributed by atoms with van der Waals surface area (Å²) < 4.78 is 5.35. The topological polar surface area (TPSA) is 52.9 Å². The molecular weight excluding hydrogens is 218 g/mol. The number of ether oxygens (including phenoxy) is 1. The van der Waals surface area contributed by atoms with Crippen LogP contribution in [0.1, 0.15) is 24.9 Å². The maximum Gasteiger partial charge on any atom is 0.162 e. The van der Waals surface area contributed by atoms with Gasteiger partial charge in [0, 0.05) is 18.2 Å². The van der Waals surface area contributed by atoms with Crippen molar-refractivity contribution in [2.75, 3.05) is 27.3 Å². The van der Waals surface area contributed by atoms with E-state index in [0.29, 0.717) is 18.8 Å². The minimum absolute atomic E-state index is 0.0135. The van der Waals surface area contributed by atoms with E-state index >= 15 is 0 Å². The maximum absolute atomic E-state index is 10.1. The number of phenolic OH excluding ortho intramolecular Hbond substituents is 1. The van der Waals surface area contributed by atoms with Crippen LogP contribution in [0.5, 0.6) is 11.5 Å². The quantitative estimate of drug-likeness (QED) is 0.794. The Morgan fingerprint density at radius 1 is 1.35 bits per heavy atom. The van der Waals surface area contributed by atoms with Crippen LogP contribution in [0.2, 0.25) is 0 Å². The predicted octanol–water partition coefficient (Wildman–Crippen LogP) is 1.78. The fraction of sp³-hybridized carbons (Fsp3) is 0.538. The highest BCUT2D eigenvalue weighted by Crippen LogP contribution is 2.36. The van der Waals surface area contributed by atoms with Crippen LogP contribution in [-0.2, 0) is 0 Å². The van der Waals surface area contributed by atoms with Gasteiger partial charge in [-0.2, -0.15) is 0 Å². The average Bonchev–Trinajstić information content (AvgIpc) is 2.29. The van der Waals surface area contributed by atoms with E-state index in [0.717, 1.165) is 5.56 Å². The van der Waals surface area contributed by atoms with Crippen LogP contribution in [-0.4, -0.2) is 42.4 Å². The molecular formula is C13H21NO3. The lowest BCUT2D eigenvalue weighted by Crippen LogP contribution is -2.21. The number of nitrogens with zero attached hydrogens (tertiary/aromatic N) is 1. The van der Waals surface area contributed by atoms with Crippen molar-refractivity contribution < 1.29 is 14.9 Å². The molecule has 0 aliphatic heterocycles. The number of aliphatic hydroxyl groups excluding tert-OH is 1. The Balaban J connectivity index is 3.06. The van der Waals surface area contributed by atoms with Gasteiger partial charge in [0.05, 0.1) is 6.61 Å². The fourth-order valence-electron chi connectivity index (χ4n) is 1.89. The van der Waals surface area contributed by atoms with Gasteiger partial charge in [0.15, 0.2) is 11.5 Å². The Labute approximate surface area is 102 Å². The highest BCUT2D eigenvalue weighted by atomic mass is 16.5. The summed E-state index contributed by atoms with van der Waals surface area (Å²) in [6.07, 6.45) is 0.580. The lowest BCUT2D eigenvalue weighted by Gasteiger charge is -2.25. The monoisotopic (exact) mass is 239 g/mol. The van der Waals surface area contributed by atoms with E-state index in [4.69, 9.17) is 9.84 Å². The molecule has 4 heteroatoms. The Morgan fingerprint density at radius 3 is 2.59 bits per heavy atom. The Bertz CT molecular complexity index is 353. The van der Waals surface area contributed by atoms with Crippen molar-refractivity contribution in [2.24, 2.45) is 0 Å². The zero-order chi connectivity index (χ0) is 12.8. The van der Waals surface area contributed by atoms with Gasteiger partial charge >= 0.3 is 0 Å². The molecule has 0 spiro atoms. The van der Waals surface area contributed by atoms with Gasteiger partial charge in [-0.25, -0.2) is 0 Å². The molecule has 2 N–H and O–H groups in total. The van der Waals surface area contributed by atoms with Crippen molar-refractivity contribution >= 4 is 0 Å². The molecule has 1 unspecified atom stereocenters. The van der Waals surface area contributed by atoms with E-state index in [1.165, 1.54) is 0 Å². The molecule has 0 saturated heterocycles. The number of phenols is 1. The van der Waals surface area contributed by atoms with Gasteiger partial charge in [-0.15, -0.1) is 0 Å². The molecule has 17 heavy (non-hydrogen) atoms. The van der Waals surface area contributed by atoms with Gasteiger partial charge in [-0.3, -0.25) is 0 Å². The van der Waals surface area contributed by atoms with Crippen LogP contribution >= 0.6 is 0 Å². The molecule has 4 nitrogen and oxygen atoms in total. The number of para-hydroxylation sites is 1. The van der Waals surface area contributed by atoms with Gasteiger partial charge < -0.3 is 19.8 Å². The summed E-state index contributed by atoms with van der Waals surface area (Å²) in [5.41, 5.74) is 0.787. The molecule has 1 atom stereocenters. The molecule has 0 aromatic heterocycles. The number of benzene rings is 1. The third-order valence-corrected chi connectivity index (χ3v) is 2.71. The Kier molecular flexibility index (Phi) is 5.25. The van der Waals surface area contributed by atoms with Gasteiger partial charge in [0.2, 0.25) is 0 Å². The number of hydrogen-bond acceptors (Lipinski definition) is 4. The maximum atomic E-state index is 10.1. The second-order valence-electron chi connectivity index (χ2n) is 4.12. The highest BCUT2D eigenvalue weighted by molar-refractivity contribution is 5.46. The molecule has 1 aromatic carbocycles.